The number of aromatic amines is 1. The fourth-order valence-corrected chi connectivity index (χ4v) is 5.09. The molecule has 0 spiro atoms. The second-order valence-corrected chi connectivity index (χ2v) is 9.68. The standard InChI is InChI=1S/C24H35FN6/c1-17(2)31-12-9-22(19(25)16-31)29-10-4-11-30(14-13-29)23-6-3-5-20(27-23)24-26-15-21(28-24)18-7-8-18/h3,5-6,15,17-19,22H,4,7-14,16H2,1-2H3,(H,26,28). The third-order valence-corrected chi connectivity index (χ3v) is 7.18. The molecule has 5 rings (SSSR count). The lowest BCUT2D eigenvalue weighted by Crippen LogP contribution is -2.54. The Bertz CT molecular complexity index is 878. The number of H-pyrrole nitrogens is 1. The Morgan fingerprint density at radius 2 is 1.94 bits per heavy atom. The van der Waals surface area contributed by atoms with Gasteiger partial charge in [0, 0.05) is 69.2 Å². The van der Waals surface area contributed by atoms with E-state index >= 15 is 0 Å². The molecule has 31 heavy (non-hydrogen) atoms. The van der Waals surface area contributed by atoms with Crippen LogP contribution in [0.25, 0.3) is 11.5 Å². The Morgan fingerprint density at radius 1 is 1.06 bits per heavy atom. The van der Waals surface area contributed by atoms with E-state index in [2.05, 4.69) is 50.6 Å². The SMILES string of the molecule is CC(C)N1CCC(N2CCCN(c3cccc(-c4ncc(C5CC5)[nH]4)n3)CC2)C(F)C1. The van der Waals surface area contributed by atoms with E-state index in [1.54, 1.807) is 0 Å². The van der Waals surface area contributed by atoms with Crippen molar-refractivity contribution in [2.45, 2.75) is 63.7 Å². The van der Waals surface area contributed by atoms with E-state index in [0.29, 0.717) is 18.5 Å². The third-order valence-electron chi connectivity index (χ3n) is 7.18. The summed E-state index contributed by atoms with van der Waals surface area (Å²) in [6.07, 6.45) is 5.68. The Hall–Kier alpha value is -1.99. The van der Waals surface area contributed by atoms with Crippen LogP contribution in [0.15, 0.2) is 24.4 Å². The molecule has 1 aliphatic carbocycles. The molecular weight excluding hydrogens is 391 g/mol. The molecule has 1 saturated carbocycles. The third kappa shape index (κ3) is 4.62. The number of rotatable bonds is 5. The Labute approximate surface area is 184 Å². The van der Waals surface area contributed by atoms with Crippen LogP contribution in [0.4, 0.5) is 10.2 Å². The van der Waals surface area contributed by atoms with Crippen LogP contribution in [-0.2, 0) is 0 Å². The maximum Gasteiger partial charge on any atom is 0.156 e. The van der Waals surface area contributed by atoms with Gasteiger partial charge in [-0.1, -0.05) is 6.07 Å². The molecule has 2 aromatic heterocycles. The number of aromatic nitrogens is 3. The highest BCUT2D eigenvalue weighted by molar-refractivity contribution is 5.54. The number of nitrogens with zero attached hydrogens (tertiary/aromatic N) is 5. The molecule has 2 aromatic rings. The predicted molar refractivity (Wildman–Crippen MR) is 122 cm³/mol. The molecule has 7 heteroatoms. The molecular formula is C24H35FN6. The van der Waals surface area contributed by atoms with E-state index in [9.17, 15) is 4.39 Å². The molecule has 2 saturated heterocycles. The van der Waals surface area contributed by atoms with Gasteiger partial charge in [0.15, 0.2) is 5.82 Å². The monoisotopic (exact) mass is 426 g/mol. The summed E-state index contributed by atoms with van der Waals surface area (Å²) in [4.78, 5) is 19.9. The van der Waals surface area contributed by atoms with Crippen molar-refractivity contribution in [1.82, 2.24) is 24.8 Å². The molecule has 0 bridgehead atoms. The van der Waals surface area contributed by atoms with Crippen LogP contribution in [0.2, 0.25) is 0 Å². The van der Waals surface area contributed by atoms with Crippen molar-refractivity contribution in [1.29, 1.82) is 0 Å². The fourth-order valence-electron chi connectivity index (χ4n) is 5.09. The number of alkyl halides is 1. The zero-order chi connectivity index (χ0) is 21.4. The Morgan fingerprint density at radius 3 is 2.71 bits per heavy atom. The quantitative estimate of drug-likeness (QED) is 0.790. The summed E-state index contributed by atoms with van der Waals surface area (Å²) in [6.45, 7) is 9.59. The van der Waals surface area contributed by atoms with Crippen LogP contribution >= 0.6 is 0 Å². The summed E-state index contributed by atoms with van der Waals surface area (Å²) in [5, 5.41) is 0. The van der Waals surface area contributed by atoms with Gasteiger partial charge >= 0.3 is 0 Å². The molecule has 3 fully saturated rings. The number of anilines is 1. The van der Waals surface area contributed by atoms with E-state index in [1.807, 2.05) is 12.3 Å². The predicted octanol–water partition coefficient (Wildman–Crippen LogP) is 3.68. The summed E-state index contributed by atoms with van der Waals surface area (Å²) in [5.41, 5.74) is 2.13. The number of halogens is 1. The summed E-state index contributed by atoms with van der Waals surface area (Å²) >= 11 is 0. The highest BCUT2D eigenvalue weighted by atomic mass is 19.1. The van der Waals surface area contributed by atoms with Crippen molar-refractivity contribution in [2.24, 2.45) is 0 Å². The smallest absolute Gasteiger partial charge is 0.156 e. The number of hydrogen-bond acceptors (Lipinski definition) is 5. The van der Waals surface area contributed by atoms with Crippen LogP contribution in [0.1, 0.15) is 51.1 Å². The number of pyridine rings is 1. The summed E-state index contributed by atoms with van der Waals surface area (Å²) in [6, 6.07) is 6.66. The Balaban J connectivity index is 1.23. The van der Waals surface area contributed by atoms with Gasteiger partial charge in [-0.15, -0.1) is 0 Å². The minimum atomic E-state index is -0.760. The summed E-state index contributed by atoms with van der Waals surface area (Å²) in [5.74, 6) is 2.51. The zero-order valence-corrected chi connectivity index (χ0v) is 18.8. The lowest BCUT2D eigenvalue weighted by Gasteiger charge is -2.41. The normalized spacial score (nSPS) is 26.4. The van der Waals surface area contributed by atoms with Crippen molar-refractivity contribution < 1.29 is 4.39 Å². The molecule has 2 unspecified atom stereocenters. The van der Waals surface area contributed by atoms with Crippen molar-refractivity contribution in [3.05, 3.63) is 30.1 Å². The van der Waals surface area contributed by atoms with Crippen molar-refractivity contribution in [3.8, 4) is 11.5 Å². The first-order valence-corrected chi connectivity index (χ1v) is 12.0. The van der Waals surface area contributed by atoms with E-state index in [-0.39, 0.29) is 6.04 Å². The second kappa shape index (κ2) is 8.87. The molecule has 3 aliphatic rings. The number of likely N-dealkylation sites (tertiary alicyclic amines) is 1. The zero-order valence-electron chi connectivity index (χ0n) is 18.8. The average Bonchev–Trinajstić information content (AvgIpc) is 3.56. The van der Waals surface area contributed by atoms with Gasteiger partial charge in [-0.2, -0.15) is 0 Å². The van der Waals surface area contributed by atoms with E-state index in [1.165, 1.54) is 18.5 Å². The van der Waals surface area contributed by atoms with Gasteiger partial charge in [-0.25, -0.2) is 14.4 Å². The summed E-state index contributed by atoms with van der Waals surface area (Å²) < 4.78 is 15.0. The first-order valence-electron chi connectivity index (χ1n) is 12.0. The lowest BCUT2D eigenvalue weighted by atomic mass is 10.00. The first-order chi connectivity index (χ1) is 15.1. The lowest BCUT2D eigenvalue weighted by molar-refractivity contribution is 0.0254. The van der Waals surface area contributed by atoms with Gasteiger partial charge < -0.3 is 9.88 Å². The topological polar surface area (TPSA) is 51.3 Å². The van der Waals surface area contributed by atoms with Crippen molar-refractivity contribution in [2.75, 3.05) is 44.2 Å². The van der Waals surface area contributed by atoms with Gasteiger partial charge in [0.05, 0.1) is 0 Å². The minimum absolute atomic E-state index is 0.0539. The molecule has 0 amide bonds. The molecule has 168 valence electrons. The fraction of sp³-hybridized carbons (Fsp3) is 0.667. The number of nitrogens with one attached hydrogen (secondary N) is 1. The highest BCUT2D eigenvalue weighted by Crippen LogP contribution is 2.39. The maximum atomic E-state index is 15.0. The van der Waals surface area contributed by atoms with Crippen LogP contribution in [-0.4, -0.2) is 82.3 Å². The van der Waals surface area contributed by atoms with Crippen LogP contribution < -0.4 is 4.90 Å². The van der Waals surface area contributed by atoms with Gasteiger partial charge in [-0.05, 0) is 51.7 Å². The van der Waals surface area contributed by atoms with Gasteiger partial charge in [0.25, 0.3) is 0 Å². The number of piperidine rings is 1. The minimum Gasteiger partial charge on any atom is -0.355 e. The molecule has 2 aliphatic heterocycles. The molecule has 1 N–H and O–H groups in total. The molecule has 2 atom stereocenters. The number of hydrogen-bond donors (Lipinski definition) is 1. The van der Waals surface area contributed by atoms with E-state index in [4.69, 9.17) is 4.98 Å². The molecule has 6 nitrogen and oxygen atoms in total. The highest BCUT2D eigenvalue weighted by Gasteiger charge is 2.35. The first kappa shape index (κ1) is 20.9. The van der Waals surface area contributed by atoms with Crippen LogP contribution in [0, 0.1) is 0 Å². The van der Waals surface area contributed by atoms with Crippen LogP contribution in [0.5, 0.6) is 0 Å². The largest absolute Gasteiger partial charge is 0.355 e. The molecule has 0 radical (unpaired) electrons. The van der Waals surface area contributed by atoms with Gasteiger partial charge in [0.1, 0.15) is 17.7 Å². The van der Waals surface area contributed by atoms with Crippen molar-refractivity contribution in [3.63, 3.8) is 0 Å². The second-order valence-electron chi connectivity index (χ2n) is 9.68. The number of imidazole rings is 1. The van der Waals surface area contributed by atoms with E-state index in [0.717, 1.165) is 62.9 Å². The summed E-state index contributed by atoms with van der Waals surface area (Å²) in [7, 11) is 0. The van der Waals surface area contributed by atoms with Gasteiger partial charge in [0.2, 0.25) is 0 Å². The molecule has 4 heterocycles. The Kier molecular flexibility index (Phi) is 5.97. The average molecular weight is 427 g/mol. The van der Waals surface area contributed by atoms with Crippen LogP contribution in [0.3, 0.4) is 0 Å². The molecule has 0 aromatic carbocycles. The van der Waals surface area contributed by atoms with E-state index < -0.39 is 6.17 Å². The van der Waals surface area contributed by atoms with Gasteiger partial charge in [-0.3, -0.25) is 9.80 Å². The maximum absolute atomic E-state index is 15.0. The van der Waals surface area contributed by atoms with Crippen molar-refractivity contribution >= 4 is 5.82 Å².